The molecule has 3 amide bonds. The number of rotatable bonds is 7. The first-order valence-corrected chi connectivity index (χ1v) is 12.7. The van der Waals surface area contributed by atoms with Crippen LogP contribution in [0.15, 0.2) is 42.7 Å². The van der Waals surface area contributed by atoms with E-state index >= 15 is 0 Å². The second-order valence-corrected chi connectivity index (χ2v) is 11.0. The Morgan fingerprint density at radius 1 is 1.08 bits per heavy atom. The molecule has 0 radical (unpaired) electrons. The number of alkyl halides is 2. The second-order valence-electron chi connectivity index (χ2n) is 10.6. The van der Waals surface area contributed by atoms with Crippen molar-refractivity contribution in [3.8, 4) is 0 Å². The summed E-state index contributed by atoms with van der Waals surface area (Å²) < 4.78 is 33.9. The first-order valence-electron chi connectivity index (χ1n) is 12.3. The molecule has 1 aromatic heterocycles. The molecule has 1 fully saturated rings. The van der Waals surface area contributed by atoms with Crippen LogP contribution >= 0.6 is 11.6 Å². The highest BCUT2D eigenvalue weighted by molar-refractivity contribution is 6.32. The summed E-state index contributed by atoms with van der Waals surface area (Å²) in [6.45, 7) is 8.50. The molecule has 1 aliphatic rings. The molecule has 8 nitrogen and oxygen atoms in total. The van der Waals surface area contributed by atoms with Crippen LogP contribution in [0.3, 0.4) is 0 Å². The molecular formula is C27H33ClF2N4O4. The van der Waals surface area contributed by atoms with Crippen LogP contribution in [0, 0.1) is 12.7 Å². The lowest BCUT2D eigenvalue weighted by atomic mass is 9.88. The Labute approximate surface area is 226 Å². The van der Waals surface area contributed by atoms with Crippen LogP contribution < -0.4 is 15.5 Å². The van der Waals surface area contributed by atoms with Gasteiger partial charge >= 0.3 is 6.09 Å². The van der Waals surface area contributed by atoms with Gasteiger partial charge in [0, 0.05) is 29.5 Å². The molecule has 1 heterocycles. The summed E-state index contributed by atoms with van der Waals surface area (Å²) in [7, 11) is 0. The van der Waals surface area contributed by atoms with Crippen LogP contribution in [0.5, 0.6) is 0 Å². The maximum Gasteiger partial charge on any atom is 0.407 e. The molecule has 0 spiro atoms. The molecule has 4 atom stereocenters. The molecule has 38 heavy (non-hydrogen) atoms. The molecule has 206 valence electrons. The van der Waals surface area contributed by atoms with Gasteiger partial charge in [0.2, 0.25) is 0 Å². The predicted molar refractivity (Wildman–Crippen MR) is 140 cm³/mol. The average molecular weight is 551 g/mol. The number of pyridine rings is 1. The number of nitrogens with one attached hydrogen (secondary N) is 2. The highest BCUT2D eigenvalue weighted by Crippen LogP contribution is 2.36. The third-order valence-corrected chi connectivity index (χ3v) is 6.53. The summed E-state index contributed by atoms with van der Waals surface area (Å²) in [6, 6.07) is 6.96. The lowest BCUT2D eigenvalue weighted by molar-refractivity contribution is -0.131. The number of amides is 3. The molecule has 1 saturated carbocycles. The van der Waals surface area contributed by atoms with Crippen molar-refractivity contribution >= 4 is 35.2 Å². The Kier molecular flexibility index (Phi) is 8.97. The summed E-state index contributed by atoms with van der Waals surface area (Å²) in [6.07, 6.45) is 3.17. The molecule has 2 N–H and O–H groups in total. The molecule has 1 unspecified atom stereocenters. The first-order chi connectivity index (χ1) is 17.7. The van der Waals surface area contributed by atoms with E-state index in [1.807, 2.05) is 6.92 Å². The van der Waals surface area contributed by atoms with Gasteiger partial charge < -0.3 is 15.4 Å². The number of nitrogens with zero attached hydrogens (tertiary/aromatic N) is 2. The number of aromatic nitrogens is 1. The van der Waals surface area contributed by atoms with Crippen molar-refractivity contribution in [2.45, 2.75) is 82.7 Å². The quantitative estimate of drug-likeness (QED) is 0.479. The van der Waals surface area contributed by atoms with Gasteiger partial charge in [0.25, 0.3) is 17.4 Å². The number of aryl methyl sites for hydroxylation is 1. The van der Waals surface area contributed by atoms with E-state index in [-0.39, 0.29) is 23.3 Å². The van der Waals surface area contributed by atoms with Crippen LogP contribution in [0.1, 0.15) is 58.1 Å². The third-order valence-electron chi connectivity index (χ3n) is 6.34. The molecule has 1 aliphatic carbocycles. The van der Waals surface area contributed by atoms with E-state index in [0.29, 0.717) is 19.3 Å². The second kappa shape index (κ2) is 11.6. The van der Waals surface area contributed by atoms with Crippen LogP contribution in [0.25, 0.3) is 0 Å². The number of halogens is 3. The minimum Gasteiger partial charge on any atom is -0.444 e. The van der Waals surface area contributed by atoms with E-state index in [1.54, 1.807) is 45.0 Å². The maximum absolute atomic E-state index is 14.3. The zero-order valence-corrected chi connectivity index (χ0v) is 22.8. The third kappa shape index (κ3) is 6.98. The van der Waals surface area contributed by atoms with E-state index in [2.05, 4.69) is 15.6 Å². The van der Waals surface area contributed by atoms with E-state index < -0.39 is 40.5 Å². The summed E-state index contributed by atoms with van der Waals surface area (Å²) in [5.74, 6) is -2.60. The van der Waals surface area contributed by atoms with Gasteiger partial charge in [-0.15, -0.1) is 0 Å². The molecule has 0 bridgehead atoms. The van der Waals surface area contributed by atoms with Crippen LogP contribution in [0.2, 0.25) is 0 Å². The minimum absolute atomic E-state index is 0.0302. The van der Waals surface area contributed by atoms with Crippen molar-refractivity contribution in [1.82, 2.24) is 15.6 Å². The fraction of sp³-hybridized carbons (Fsp3) is 0.481. The van der Waals surface area contributed by atoms with Crippen LogP contribution in [0.4, 0.5) is 19.3 Å². The molecular weight excluding hydrogens is 518 g/mol. The van der Waals surface area contributed by atoms with Crippen molar-refractivity contribution in [2.24, 2.45) is 0 Å². The predicted octanol–water partition coefficient (Wildman–Crippen LogP) is 4.87. The SMILES string of the molecule is Cc1ccc(N(C(=O)[C@H](F)Cl)C(C)(C(=O)N[C@@H]2CC[C@H](NC(=O)OC(C)(C)C)C2)c2cncc(F)c2)cc1. The van der Waals surface area contributed by atoms with Crippen molar-refractivity contribution in [3.05, 3.63) is 59.7 Å². The Bertz CT molecular complexity index is 1170. The number of carbonyl (C=O) groups excluding carboxylic acids is 3. The summed E-state index contributed by atoms with van der Waals surface area (Å²) in [5, 5.41) is 5.70. The topological polar surface area (TPSA) is 101 Å². The zero-order valence-electron chi connectivity index (χ0n) is 22.1. The minimum atomic E-state index is -2.46. The zero-order chi connectivity index (χ0) is 28.3. The molecule has 0 aliphatic heterocycles. The molecule has 11 heteroatoms. The van der Waals surface area contributed by atoms with Gasteiger partial charge in [-0.05, 0) is 72.1 Å². The fourth-order valence-corrected chi connectivity index (χ4v) is 4.58. The van der Waals surface area contributed by atoms with Gasteiger partial charge in [-0.25, -0.2) is 13.6 Å². The number of alkyl carbamates (subject to hydrolysis) is 1. The summed E-state index contributed by atoms with van der Waals surface area (Å²) in [4.78, 5) is 44.0. The molecule has 0 saturated heterocycles. The van der Waals surface area contributed by atoms with Gasteiger partial charge in [-0.3, -0.25) is 19.5 Å². The first kappa shape index (κ1) is 29.3. The Morgan fingerprint density at radius 2 is 1.68 bits per heavy atom. The van der Waals surface area contributed by atoms with Crippen molar-refractivity contribution in [2.75, 3.05) is 4.90 Å². The standard InChI is InChI=1S/C27H33ClF2N4O4/c1-16-6-10-21(11-7-16)34(23(35)22(28)30)27(5,17-12-18(29)15-31-14-17)24(36)32-19-8-9-20(13-19)33-25(37)38-26(2,3)4/h6-7,10-12,14-15,19-20,22H,8-9,13H2,1-5H3,(H,32,36)(H,33,37)/t19-,20+,22+,27?/m1/s1. The number of benzene rings is 1. The smallest absolute Gasteiger partial charge is 0.407 e. The van der Waals surface area contributed by atoms with Gasteiger partial charge in [0.05, 0.1) is 6.20 Å². The number of anilines is 1. The van der Waals surface area contributed by atoms with Gasteiger partial charge in [0.15, 0.2) is 5.54 Å². The molecule has 3 rings (SSSR count). The summed E-state index contributed by atoms with van der Waals surface area (Å²) >= 11 is 5.59. The lowest BCUT2D eigenvalue weighted by Crippen LogP contribution is -2.59. The van der Waals surface area contributed by atoms with Crippen molar-refractivity contribution in [3.63, 3.8) is 0 Å². The van der Waals surface area contributed by atoms with E-state index in [9.17, 15) is 23.2 Å². The number of carbonyl (C=O) groups is 3. The number of ether oxygens (including phenoxy) is 1. The van der Waals surface area contributed by atoms with E-state index in [4.69, 9.17) is 16.3 Å². The molecule has 2 aromatic rings. The van der Waals surface area contributed by atoms with Crippen molar-refractivity contribution < 1.29 is 27.9 Å². The van der Waals surface area contributed by atoms with E-state index in [1.165, 1.54) is 13.1 Å². The average Bonchev–Trinajstić information content (AvgIpc) is 3.25. The number of hydrogen-bond acceptors (Lipinski definition) is 5. The van der Waals surface area contributed by atoms with Gasteiger partial charge in [-0.2, -0.15) is 0 Å². The van der Waals surface area contributed by atoms with Crippen LogP contribution in [-0.2, 0) is 19.9 Å². The largest absolute Gasteiger partial charge is 0.444 e. The van der Waals surface area contributed by atoms with Crippen molar-refractivity contribution in [1.29, 1.82) is 0 Å². The fourth-order valence-electron chi connectivity index (χ4n) is 4.48. The number of hydrogen-bond donors (Lipinski definition) is 2. The van der Waals surface area contributed by atoms with Gasteiger partial charge in [0.1, 0.15) is 11.4 Å². The Balaban J connectivity index is 1.93. The molecule has 1 aromatic carbocycles. The maximum atomic E-state index is 14.3. The summed E-state index contributed by atoms with van der Waals surface area (Å²) in [5.41, 5.74) is -3.93. The Morgan fingerprint density at radius 3 is 2.24 bits per heavy atom. The highest BCUT2D eigenvalue weighted by Gasteiger charge is 2.48. The van der Waals surface area contributed by atoms with E-state index in [0.717, 1.165) is 22.7 Å². The lowest BCUT2D eigenvalue weighted by Gasteiger charge is -2.41. The normalized spacial score (nSPS) is 19.7. The van der Waals surface area contributed by atoms with Gasteiger partial charge in [-0.1, -0.05) is 29.3 Å². The highest BCUT2D eigenvalue weighted by atomic mass is 35.5. The van der Waals surface area contributed by atoms with Crippen LogP contribution in [-0.4, -0.2) is 46.2 Å². The Hall–Kier alpha value is -3.27. The monoisotopic (exact) mass is 550 g/mol.